The van der Waals surface area contributed by atoms with E-state index in [-0.39, 0.29) is 0 Å². The summed E-state index contributed by atoms with van der Waals surface area (Å²) >= 11 is 0. The molecule has 1 aliphatic heterocycles. The van der Waals surface area contributed by atoms with Gasteiger partial charge in [0.05, 0.1) is 0 Å². The van der Waals surface area contributed by atoms with Crippen LogP contribution >= 0.6 is 0 Å². The van der Waals surface area contributed by atoms with Gasteiger partial charge in [-0.05, 0) is 48.1 Å². The van der Waals surface area contributed by atoms with Crippen LogP contribution < -0.4 is 5.32 Å². The molecule has 1 aliphatic rings. The number of aryl methyl sites for hydroxylation is 1. The van der Waals surface area contributed by atoms with E-state index in [0.717, 1.165) is 19.5 Å². The first-order valence-corrected chi connectivity index (χ1v) is 7.14. The maximum atomic E-state index is 3.51. The molecule has 1 unspecified atom stereocenters. The number of nitrogens with one attached hydrogen (secondary N) is 1. The maximum absolute atomic E-state index is 3.51. The van der Waals surface area contributed by atoms with E-state index < -0.39 is 0 Å². The Morgan fingerprint density at radius 1 is 1.05 bits per heavy atom. The fourth-order valence-corrected chi connectivity index (χ4v) is 2.96. The summed E-state index contributed by atoms with van der Waals surface area (Å²) in [6.45, 7) is 6.65. The first-order chi connectivity index (χ1) is 9.24. The molecule has 1 atom stereocenters. The van der Waals surface area contributed by atoms with Crippen LogP contribution in [0.2, 0.25) is 0 Å². The third-order valence-corrected chi connectivity index (χ3v) is 4.05. The van der Waals surface area contributed by atoms with Crippen LogP contribution in [-0.2, 0) is 6.42 Å². The molecule has 1 heterocycles. The quantitative estimate of drug-likeness (QED) is 0.810. The zero-order chi connectivity index (χ0) is 13.2. The topological polar surface area (TPSA) is 12.0 Å². The van der Waals surface area contributed by atoms with Gasteiger partial charge >= 0.3 is 0 Å². The van der Waals surface area contributed by atoms with Gasteiger partial charge in [-0.15, -0.1) is 0 Å². The molecule has 19 heavy (non-hydrogen) atoms. The Labute approximate surface area is 115 Å². The second-order valence-corrected chi connectivity index (χ2v) is 5.64. The molecule has 2 aromatic rings. The lowest BCUT2D eigenvalue weighted by Gasteiger charge is -2.14. The van der Waals surface area contributed by atoms with E-state index in [9.17, 15) is 0 Å². The molecule has 0 aliphatic carbocycles. The number of hydrogen-bond donors (Lipinski definition) is 1. The summed E-state index contributed by atoms with van der Waals surface area (Å²) in [5.74, 6) is 0.615. The lowest BCUT2D eigenvalue weighted by atomic mass is 9.91. The van der Waals surface area contributed by atoms with Crippen LogP contribution in [0.5, 0.6) is 0 Å². The van der Waals surface area contributed by atoms with E-state index in [2.05, 4.69) is 61.6 Å². The predicted molar refractivity (Wildman–Crippen MR) is 81.6 cm³/mol. The van der Waals surface area contributed by atoms with Gasteiger partial charge in [-0.2, -0.15) is 0 Å². The highest BCUT2D eigenvalue weighted by Gasteiger charge is 2.14. The summed E-state index contributed by atoms with van der Waals surface area (Å²) < 4.78 is 0. The Bertz CT molecular complexity index is 586. The van der Waals surface area contributed by atoms with Crippen molar-refractivity contribution in [3.8, 4) is 11.1 Å². The van der Waals surface area contributed by atoms with Crippen molar-refractivity contribution in [3.63, 3.8) is 0 Å². The molecule has 3 rings (SSSR count). The van der Waals surface area contributed by atoms with E-state index in [1.165, 1.54) is 27.8 Å². The Hall–Kier alpha value is -1.60. The molecule has 2 aromatic carbocycles. The molecule has 0 fully saturated rings. The van der Waals surface area contributed by atoms with Crippen molar-refractivity contribution in [2.45, 2.75) is 26.2 Å². The molecule has 0 amide bonds. The van der Waals surface area contributed by atoms with Crippen LogP contribution in [-0.4, -0.2) is 13.1 Å². The van der Waals surface area contributed by atoms with Crippen molar-refractivity contribution in [3.05, 3.63) is 59.2 Å². The minimum atomic E-state index is 0.615. The molecule has 0 aromatic heterocycles. The minimum Gasteiger partial charge on any atom is -0.316 e. The van der Waals surface area contributed by atoms with Crippen LogP contribution in [0, 0.1) is 6.92 Å². The molecule has 1 N–H and O–H groups in total. The zero-order valence-corrected chi connectivity index (χ0v) is 11.7. The standard InChI is InChI=1S/C18H21N/c1-13-4-3-5-15(10-13)16-6-7-18-14(2)12-19-9-8-17(18)11-16/h3-7,10-11,14,19H,8-9,12H2,1-2H3. The molecule has 0 radical (unpaired) electrons. The highest BCUT2D eigenvalue weighted by atomic mass is 14.9. The fourth-order valence-electron chi connectivity index (χ4n) is 2.96. The normalized spacial score (nSPS) is 18.7. The van der Waals surface area contributed by atoms with Crippen molar-refractivity contribution < 1.29 is 0 Å². The number of hydrogen-bond acceptors (Lipinski definition) is 1. The third kappa shape index (κ3) is 2.57. The molecule has 0 saturated carbocycles. The van der Waals surface area contributed by atoms with Crippen molar-refractivity contribution in [2.24, 2.45) is 0 Å². The van der Waals surface area contributed by atoms with E-state index >= 15 is 0 Å². The van der Waals surface area contributed by atoms with Crippen LogP contribution in [0.3, 0.4) is 0 Å². The first-order valence-electron chi connectivity index (χ1n) is 7.14. The van der Waals surface area contributed by atoms with Gasteiger partial charge in [-0.25, -0.2) is 0 Å². The van der Waals surface area contributed by atoms with E-state index in [1.54, 1.807) is 0 Å². The summed E-state index contributed by atoms with van der Waals surface area (Å²) in [6.07, 6.45) is 1.14. The number of rotatable bonds is 1. The smallest absolute Gasteiger partial charge is 0.00177 e. The lowest BCUT2D eigenvalue weighted by molar-refractivity contribution is 0.644. The maximum Gasteiger partial charge on any atom is 0.00177 e. The molecule has 0 spiro atoms. The van der Waals surface area contributed by atoms with Gasteiger partial charge in [0, 0.05) is 6.54 Å². The average molecular weight is 251 g/mol. The second-order valence-electron chi connectivity index (χ2n) is 5.64. The highest BCUT2D eigenvalue weighted by Crippen LogP contribution is 2.28. The molecule has 1 nitrogen and oxygen atoms in total. The van der Waals surface area contributed by atoms with E-state index in [4.69, 9.17) is 0 Å². The van der Waals surface area contributed by atoms with Crippen LogP contribution in [0.15, 0.2) is 42.5 Å². The molecule has 1 heteroatoms. The van der Waals surface area contributed by atoms with Gasteiger partial charge in [0.15, 0.2) is 0 Å². The first kappa shape index (κ1) is 12.4. The SMILES string of the molecule is Cc1cccc(-c2ccc3c(c2)CCNCC3C)c1. The number of fused-ring (bicyclic) bond motifs is 1. The molecule has 0 bridgehead atoms. The Balaban J connectivity index is 2.03. The van der Waals surface area contributed by atoms with Crippen LogP contribution in [0.4, 0.5) is 0 Å². The molecular weight excluding hydrogens is 230 g/mol. The van der Waals surface area contributed by atoms with Gasteiger partial charge in [0.25, 0.3) is 0 Å². The fraction of sp³-hybridized carbons (Fsp3) is 0.333. The van der Waals surface area contributed by atoms with Crippen molar-refractivity contribution in [2.75, 3.05) is 13.1 Å². The van der Waals surface area contributed by atoms with Gasteiger partial charge in [-0.1, -0.05) is 55.0 Å². The van der Waals surface area contributed by atoms with Gasteiger partial charge in [-0.3, -0.25) is 0 Å². The zero-order valence-electron chi connectivity index (χ0n) is 11.7. The van der Waals surface area contributed by atoms with Gasteiger partial charge in [0.1, 0.15) is 0 Å². The summed E-state index contributed by atoms with van der Waals surface area (Å²) in [6, 6.07) is 15.7. The molecule has 98 valence electrons. The largest absolute Gasteiger partial charge is 0.316 e. The average Bonchev–Trinajstić information content (AvgIpc) is 2.60. The van der Waals surface area contributed by atoms with Gasteiger partial charge < -0.3 is 5.32 Å². The highest BCUT2D eigenvalue weighted by molar-refractivity contribution is 5.66. The third-order valence-electron chi connectivity index (χ3n) is 4.05. The van der Waals surface area contributed by atoms with Crippen molar-refractivity contribution in [1.82, 2.24) is 5.32 Å². The predicted octanol–water partition coefficient (Wildman–Crippen LogP) is 3.91. The summed E-state index contributed by atoms with van der Waals surface area (Å²) in [5, 5.41) is 3.51. The Kier molecular flexibility index (Phi) is 3.39. The minimum absolute atomic E-state index is 0.615. The summed E-state index contributed by atoms with van der Waals surface area (Å²) in [7, 11) is 0. The Morgan fingerprint density at radius 3 is 2.74 bits per heavy atom. The van der Waals surface area contributed by atoms with E-state index in [1.807, 2.05) is 0 Å². The van der Waals surface area contributed by atoms with Crippen LogP contribution in [0.25, 0.3) is 11.1 Å². The molecule has 0 saturated heterocycles. The number of benzene rings is 2. The van der Waals surface area contributed by atoms with Crippen molar-refractivity contribution >= 4 is 0 Å². The lowest BCUT2D eigenvalue weighted by Crippen LogP contribution is -2.18. The van der Waals surface area contributed by atoms with Crippen molar-refractivity contribution in [1.29, 1.82) is 0 Å². The Morgan fingerprint density at radius 2 is 1.89 bits per heavy atom. The molecular formula is C18H21N. The summed E-state index contributed by atoms with van der Waals surface area (Å²) in [4.78, 5) is 0. The second kappa shape index (κ2) is 5.18. The van der Waals surface area contributed by atoms with Gasteiger partial charge in [0.2, 0.25) is 0 Å². The monoisotopic (exact) mass is 251 g/mol. The van der Waals surface area contributed by atoms with Crippen LogP contribution in [0.1, 0.15) is 29.5 Å². The summed E-state index contributed by atoms with van der Waals surface area (Å²) in [5.41, 5.74) is 7.02. The van der Waals surface area contributed by atoms with E-state index in [0.29, 0.717) is 5.92 Å².